The van der Waals surface area contributed by atoms with Gasteiger partial charge in [-0.25, -0.2) is 8.42 Å². The van der Waals surface area contributed by atoms with Gasteiger partial charge in [0, 0.05) is 0 Å². The zero-order valence-electron chi connectivity index (χ0n) is 16.3. The summed E-state index contributed by atoms with van der Waals surface area (Å²) in [4.78, 5) is 0.381. The van der Waals surface area contributed by atoms with Crippen LogP contribution in [-0.4, -0.2) is 8.42 Å². The lowest BCUT2D eigenvalue weighted by Crippen LogP contribution is -2.18. The van der Waals surface area contributed by atoms with Crippen molar-refractivity contribution in [1.29, 1.82) is 0 Å². The van der Waals surface area contributed by atoms with E-state index < -0.39 is 10.0 Å². The third-order valence-electron chi connectivity index (χ3n) is 4.48. The summed E-state index contributed by atoms with van der Waals surface area (Å²) >= 11 is 0. The molecule has 0 saturated heterocycles. The van der Waals surface area contributed by atoms with Crippen LogP contribution in [0.25, 0.3) is 0 Å². The lowest BCUT2D eigenvalue weighted by atomic mass is 9.93. The normalized spacial score (nSPS) is 12.0. The Kier molecular flexibility index (Phi) is 5.62. The minimum atomic E-state index is -3.65. The Morgan fingerprint density at radius 2 is 1.28 bits per heavy atom. The molecule has 25 heavy (non-hydrogen) atoms. The van der Waals surface area contributed by atoms with Crippen LogP contribution >= 0.6 is 0 Å². The molecule has 0 aliphatic heterocycles. The molecule has 0 aliphatic carbocycles. The minimum absolute atomic E-state index is 0.233. The van der Waals surface area contributed by atoms with Crippen LogP contribution in [0.5, 0.6) is 0 Å². The first-order chi connectivity index (χ1) is 11.5. The molecule has 0 bridgehead atoms. The van der Waals surface area contributed by atoms with Gasteiger partial charge < -0.3 is 0 Å². The third kappa shape index (κ3) is 4.06. The van der Waals surface area contributed by atoms with Gasteiger partial charge in [0.2, 0.25) is 0 Å². The van der Waals surface area contributed by atoms with E-state index in [1.165, 1.54) is 0 Å². The smallest absolute Gasteiger partial charge is 0.262 e. The third-order valence-corrected chi connectivity index (χ3v) is 6.14. The first-order valence-corrected chi connectivity index (χ1v) is 10.3. The van der Waals surface area contributed by atoms with Gasteiger partial charge in [0.05, 0.1) is 10.6 Å². The average molecular weight is 360 g/mol. The maximum Gasteiger partial charge on any atom is 0.262 e. The topological polar surface area (TPSA) is 46.2 Å². The van der Waals surface area contributed by atoms with Crippen molar-refractivity contribution in [1.82, 2.24) is 0 Å². The van der Waals surface area contributed by atoms with Crippen LogP contribution in [0.4, 0.5) is 5.69 Å². The fourth-order valence-electron chi connectivity index (χ4n) is 3.44. The maximum atomic E-state index is 13.2. The number of sulfonamides is 1. The Morgan fingerprint density at radius 1 is 0.840 bits per heavy atom. The van der Waals surface area contributed by atoms with Gasteiger partial charge in [-0.3, -0.25) is 4.72 Å². The number of benzene rings is 2. The van der Waals surface area contributed by atoms with Gasteiger partial charge in [0.15, 0.2) is 0 Å². The van der Waals surface area contributed by atoms with Gasteiger partial charge in [-0.2, -0.15) is 0 Å². The Labute approximate surface area is 152 Å². The summed E-state index contributed by atoms with van der Waals surface area (Å²) < 4.78 is 29.3. The number of anilines is 1. The summed E-state index contributed by atoms with van der Waals surface area (Å²) in [7, 11) is -3.65. The molecule has 0 unspecified atom stereocenters. The summed E-state index contributed by atoms with van der Waals surface area (Å²) in [5, 5.41) is 0. The zero-order valence-corrected chi connectivity index (χ0v) is 17.1. The first kappa shape index (κ1) is 19.5. The molecule has 2 aromatic rings. The number of hydrogen-bond donors (Lipinski definition) is 1. The summed E-state index contributed by atoms with van der Waals surface area (Å²) in [6, 6.07) is 9.84. The molecule has 0 amide bonds. The lowest BCUT2D eigenvalue weighted by molar-refractivity contribution is 0.599. The van der Waals surface area contributed by atoms with E-state index in [9.17, 15) is 8.42 Å². The number of para-hydroxylation sites is 1. The molecule has 0 aliphatic rings. The Hall–Kier alpha value is -1.81. The molecule has 0 radical (unpaired) electrons. The van der Waals surface area contributed by atoms with E-state index in [1.807, 2.05) is 51.1 Å². The fraction of sp³-hybridized carbons (Fsp3) is 0.429. The van der Waals surface area contributed by atoms with Gasteiger partial charge >= 0.3 is 0 Å². The molecule has 0 fully saturated rings. The van der Waals surface area contributed by atoms with Gasteiger partial charge in [-0.1, -0.05) is 63.6 Å². The van der Waals surface area contributed by atoms with Crippen molar-refractivity contribution in [2.45, 2.75) is 65.2 Å². The van der Waals surface area contributed by atoms with Gasteiger partial charge in [-0.15, -0.1) is 0 Å². The summed E-state index contributed by atoms with van der Waals surface area (Å²) in [5.74, 6) is 0.466. The quantitative estimate of drug-likeness (QED) is 0.749. The van der Waals surface area contributed by atoms with E-state index in [1.54, 1.807) is 0 Å². The molecule has 2 rings (SSSR count). The molecule has 0 saturated carbocycles. The molecule has 3 nitrogen and oxygen atoms in total. The van der Waals surface area contributed by atoms with Crippen molar-refractivity contribution in [3.63, 3.8) is 0 Å². The van der Waals surface area contributed by atoms with Gasteiger partial charge in [-0.05, 0) is 54.9 Å². The summed E-state index contributed by atoms with van der Waals surface area (Å²) in [6.45, 7) is 14.0. The molecule has 0 aromatic heterocycles. The molecule has 2 aromatic carbocycles. The predicted octanol–water partition coefficient (Wildman–Crippen LogP) is 5.66. The monoisotopic (exact) mass is 359 g/mol. The minimum Gasteiger partial charge on any atom is -0.279 e. The fourth-order valence-corrected chi connectivity index (χ4v) is 5.02. The molecular formula is C21H29NO2S. The molecule has 136 valence electrons. The molecular weight excluding hydrogens is 330 g/mol. The van der Waals surface area contributed by atoms with Crippen LogP contribution in [0.2, 0.25) is 0 Å². The molecule has 4 heteroatoms. The largest absolute Gasteiger partial charge is 0.279 e. The van der Waals surface area contributed by atoms with Crippen LogP contribution in [0.1, 0.15) is 67.3 Å². The zero-order chi connectivity index (χ0) is 18.9. The van der Waals surface area contributed by atoms with Crippen molar-refractivity contribution in [3.05, 3.63) is 58.1 Å². The van der Waals surface area contributed by atoms with Crippen molar-refractivity contribution in [3.8, 4) is 0 Å². The highest BCUT2D eigenvalue weighted by Crippen LogP contribution is 2.34. The number of aryl methyl sites for hydroxylation is 3. The van der Waals surface area contributed by atoms with Crippen molar-refractivity contribution >= 4 is 15.7 Å². The SMILES string of the molecule is Cc1cc(C)c(S(=O)(=O)Nc2c(C(C)C)cccc2C(C)C)c(C)c1. The van der Waals surface area contributed by atoms with Crippen LogP contribution in [0.15, 0.2) is 35.2 Å². The Balaban J connectivity index is 2.63. The highest BCUT2D eigenvalue weighted by molar-refractivity contribution is 7.92. The predicted molar refractivity (Wildman–Crippen MR) is 106 cm³/mol. The van der Waals surface area contributed by atoms with Crippen LogP contribution in [0.3, 0.4) is 0 Å². The number of nitrogens with one attached hydrogen (secondary N) is 1. The van der Waals surface area contributed by atoms with E-state index in [-0.39, 0.29) is 11.8 Å². The van der Waals surface area contributed by atoms with Gasteiger partial charge in [0.25, 0.3) is 10.0 Å². The van der Waals surface area contributed by atoms with Crippen LogP contribution in [-0.2, 0) is 10.0 Å². The molecule has 0 atom stereocenters. The van der Waals surface area contributed by atoms with Crippen molar-refractivity contribution in [2.75, 3.05) is 4.72 Å². The van der Waals surface area contributed by atoms with E-state index >= 15 is 0 Å². The van der Waals surface area contributed by atoms with Crippen molar-refractivity contribution in [2.24, 2.45) is 0 Å². The maximum absolute atomic E-state index is 13.2. The standard InChI is InChI=1S/C21H29NO2S/c1-13(2)18-9-8-10-19(14(3)4)20(18)22-25(23,24)21-16(6)11-15(5)12-17(21)7/h8-14,22H,1-7H3. The summed E-state index contributed by atoms with van der Waals surface area (Å²) in [5.41, 5.74) is 5.40. The van der Waals surface area contributed by atoms with Crippen LogP contribution < -0.4 is 4.72 Å². The first-order valence-electron chi connectivity index (χ1n) is 8.78. The second-order valence-electron chi connectivity index (χ2n) is 7.45. The van der Waals surface area contributed by atoms with E-state index in [4.69, 9.17) is 0 Å². The Bertz CT molecular complexity index is 832. The van der Waals surface area contributed by atoms with E-state index in [0.29, 0.717) is 4.90 Å². The van der Waals surface area contributed by atoms with Crippen molar-refractivity contribution < 1.29 is 8.42 Å². The van der Waals surface area contributed by atoms with E-state index in [0.717, 1.165) is 33.5 Å². The molecule has 1 N–H and O–H groups in total. The molecule has 0 spiro atoms. The van der Waals surface area contributed by atoms with Crippen LogP contribution in [0, 0.1) is 20.8 Å². The highest BCUT2D eigenvalue weighted by Gasteiger charge is 2.24. The number of rotatable bonds is 5. The second-order valence-corrected chi connectivity index (χ2v) is 9.07. The lowest BCUT2D eigenvalue weighted by Gasteiger charge is -2.22. The average Bonchev–Trinajstić information content (AvgIpc) is 2.44. The number of hydrogen-bond acceptors (Lipinski definition) is 2. The second kappa shape index (κ2) is 7.20. The van der Waals surface area contributed by atoms with Gasteiger partial charge in [0.1, 0.15) is 0 Å². The molecule has 0 heterocycles. The summed E-state index contributed by atoms with van der Waals surface area (Å²) in [6.07, 6.45) is 0. The van der Waals surface area contributed by atoms with E-state index in [2.05, 4.69) is 32.4 Å². The Morgan fingerprint density at radius 3 is 1.68 bits per heavy atom. The highest BCUT2D eigenvalue weighted by atomic mass is 32.2.